The smallest absolute Gasteiger partial charge is 0.276 e. The van der Waals surface area contributed by atoms with Crippen molar-refractivity contribution in [1.29, 1.82) is 0 Å². The van der Waals surface area contributed by atoms with E-state index in [-0.39, 0.29) is 5.91 Å². The van der Waals surface area contributed by atoms with Gasteiger partial charge in [0.15, 0.2) is 5.69 Å². The van der Waals surface area contributed by atoms with Crippen molar-refractivity contribution in [1.82, 2.24) is 15.1 Å². The van der Waals surface area contributed by atoms with Gasteiger partial charge in [-0.15, -0.1) is 0 Å². The van der Waals surface area contributed by atoms with Gasteiger partial charge in [0.25, 0.3) is 5.91 Å². The number of carbonyl (C=O) groups excluding carboxylic acids is 1. The highest BCUT2D eigenvalue weighted by molar-refractivity contribution is 6.04. The molecule has 1 aromatic heterocycles. The van der Waals surface area contributed by atoms with Crippen molar-refractivity contribution in [2.75, 3.05) is 5.32 Å². The van der Waals surface area contributed by atoms with Crippen LogP contribution in [0.15, 0.2) is 48.5 Å². The van der Waals surface area contributed by atoms with Crippen molar-refractivity contribution in [2.45, 2.75) is 38.9 Å². The maximum Gasteiger partial charge on any atom is 0.276 e. The van der Waals surface area contributed by atoms with Gasteiger partial charge in [-0.05, 0) is 48.1 Å². The predicted molar refractivity (Wildman–Crippen MR) is 104 cm³/mol. The first-order valence-electron chi connectivity index (χ1n) is 9.52. The molecule has 0 atom stereocenters. The summed E-state index contributed by atoms with van der Waals surface area (Å²) in [7, 11) is 0. The van der Waals surface area contributed by atoms with E-state index in [0.717, 1.165) is 55.8 Å². The van der Waals surface area contributed by atoms with E-state index in [9.17, 15) is 4.79 Å². The van der Waals surface area contributed by atoms with Gasteiger partial charge in [0.2, 0.25) is 0 Å². The number of amides is 1. The summed E-state index contributed by atoms with van der Waals surface area (Å²) in [5.41, 5.74) is 7.55. The third kappa shape index (κ3) is 3.15. The SMILES string of the molecule is O=C(Nc1ccc2c(c1)CN(Cc1ccccc1)C2)c1n[nH]c2c1CCC2. The van der Waals surface area contributed by atoms with E-state index in [2.05, 4.69) is 56.8 Å². The van der Waals surface area contributed by atoms with Gasteiger partial charge in [0, 0.05) is 36.6 Å². The number of aromatic amines is 1. The number of benzene rings is 2. The molecule has 0 bridgehead atoms. The summed E-state index contributed by atoms with van der Waals surface area (Å²) in [6, 6.07) is 16.8. The quantitative estimate of drug-likeness (QED) is 0.748. The van der Waals surface area contributed by atoms with Gasteiger partial charge >= 0.3 is 0 Å². The number of hydrogen-bond donors (Lipinski definition) is 2. The lowest BCUT2D eigenvalue weighted by molar-refractivity contribution is 0.102. The van der Waals surface area contributed by atoms with Crippen molar-refractivity contribution < 1.29 is 4.79 Å². The van der Waals surface area contributed by atoms with Gasteiger partial charge in [-0.3, -0.25) is 14.8 Å². The molecule has 5 heteroatoms. The Morgan fingerprint density at radius 3 is 2.81 bits per heavy atom. The molecule has 2 aromatic carbocycles. The fraction of sp³-hybridized carbons (Fsp3) is 0.273. The molecule has 1 aliphatic heterocycles. The lowest BCUT2D eigenvalue weighted by atomic mass is 10.1. The molecular weight excluding hydrogens is 336 g/mol. The standard InChI is InChI=1S/C22H22N4O/c27-22(21-19-7-4-8-20(19)24-25-21)23-18-10-9-16-13-26(14-17(16)11-18)12-15-5-2-1-3-6-15/h1-3,5-6,9-11H,4,7-8,12-14H2,(H,23,27)(H,24,25). The van der Waals surface area contributed by atoms with Crippen LogP contribution in [0, 0.1) is 0 Å². The topological polar surface area (TPSA) is 61.0 Å². The van der Waals surface area contributed by atoms with Gasteiger partial charge in [-0.25, -0.2) is 0 Å². The highest BCUT2D eigenvalue weighted by Crippen LogP contribution is 2.28. The van der Waals surface area contributed by atoms with Crippen LogP contribution in [0.4, 0.5) is 5.69 Å². The number of hydrogen-bond acceptors (Lipinski definition) is 3. The number of nitrogens with one attached hydrogen (secondary N) is 2. The average molecular weight is 358 g/mol. The summed E-state index contributed by atoms with van der Waals surface area (Å²) >= 11 is 0. The maximum atomic E-state index is 12.6. The molecule has 0 unspecified atom stereocenters. The van der Waals surface area contributed by atoms with E-state index in [1.165, 1.54) is 16.7 Å². The van der Waals surface area contributed by atoms with Crippen molar-refractivity contribution in [3.63, 3.8) is 0 Å². The molecule has 27 heavy (non-hydrogen) atoms. The van der Waals surface area contributed by atoms with E-state index in [4.69, 9.17) is 0 Å². The zero-order valence-electron chi connectivity index (χ0n) is 15.2. The van der Waals surface area contributed by atoms with E-state index in [1.807, 2.05) is 12.1 Å². The molecule has 0 radical (unpaired) electrons. The fourth-order valence-electron chi connectivity index (χ4n) is 4.19. The summed E-state index contributed by atoms with van der Waals surface area (Å²) in [5, 5.41) is 10.3. The molecular formula is C22H22N4O. The normalized spacial score (nSPS) is 15.6. The lowest BCUT2D eigenvalue weighted by Gasteiger charge is -2.14. The Morgan fingerprint density at radius 1 is 1.07 bits per heavy atom. The Hall–Kier alpha value is -2.92. The van der Waals surface area contributed by atoms with E-state index >= 15 is 0 Å². The van der Waals surface area contributed by atoms with E-state index in [1.54, 1.807) is 0 Å². The van der Waals surface area contributed by atoms with Gasteiger partial charge in [-0.1, -0.05) is 36.4 Å². The highest BCUT2D eigenvalue weighted by atomic mass is 16.1. The number of aromatic nitrogens is 2. The number of fused-ring (bicyclic) bond motifs is 2. The Morgan fingerprint density at radius 2 is 1.93 bits per heavy atom. The average Bonchev–Trinajstić information content (AvgIpc) is 3.37. The molecule has 1 amide bonds. The van der Waals surface area contributed by atoms with Crippen LogP contribution in [0.25, 0.3) is 0 Å². The summed E-state index contributed by atoms with van der Waals surface area (Å²) in [4.78, 5) is 15.1. The first-order chi connectivity index (χ1) is 13.3. The van der Waals surface area contributed by atoms with Crippen LogP contribution < -0.4 is 5.32 Å². The Balaban J connectivity index is 1.28. The minimum absolute atomic E-state index is 0.117. The summed E-state index contributed by atoms with van der Waals surface area (Å²) in [6.45, 7) is 2.80. The molecule has 3 aromatic rings. The molecule has 2 aliphatic rings. The van der Waals surface area contributed by atoms with Crippen LogP contribution in [-0.2, 0) is 32.5 Å². The van der Waals surface area contributed by atoms with Gasteiger partial charge in [-0.2, -0.15) is 5.10 Å². The fourth-order valence-corrected chi connectivity index (χ4v) is 4.19. The molecule has 5 rings (SSSR count). The van der Waals surface area contributed by atoms with Crippen LogP contribution in [0.5, 0.6) is 0 Å². The van der Waals surface area contributed by atoms with Crippen molar-refractivity contribution >= 4 is 11.6 Å². The molecule has 2 heterocycles. The van der Waals surface area contributed by atoms with Gasteiger partial charge in [0.1, 0.15) is 0 Å². The van der Waals surface area contributed by atoms with E-state index < -0.39 is 0 Å². The number of rotatable bonds is 4. The second-order valence-electron chi connectivity index (χ2n) is 7.45. The second kappa shape index (κ2) is 6.67. The second-order valence-corrected chi connectivity index (χ2v) is 7.45. The number of aryl methyl sites for hydroxylation is 1. The van der Waals surface area contributed by atoms with Crippen molar-refractivity contribution in [2.24, 2.45) is 0 Å². The van der Waals surface area contributed by atoms with Crippen molar-refractivity contribution in [3.8, 4) is 0 Å². The largest absolute Gasteiger partial charge is 0.321 e. The molecule has 5 nitrogen and oxygen atoms in total. The zero-order chi connectivity index (χ0) is 18.2. The Kier molecular flexibility index (Phi) is 4.02. The highest BCUT2D eigenvalue weighted by Gasteiger charge is 2.24. The van der Waals surface area contributed by atoms with Gasteiger partial charge < -0.3 is 5.32 Å². The number of anilines is 1. The molecule has 2 N–H and O–H groups in total. The monoisotopic (exact) mass is 358 g/mol. The lowest BCUT2D eigenvalue weighted by Crippen LogP contribution is -2.15. The minimum Gasteiger partial charge on any atom is -0.321 e. The summed E-state index contributed by atoms with van der Waals surface area (Å²) in [5.74, 6) is -0.117. The molecule has 0 saturated carbocycles. The third-order valence-corrected chi connectivity index (χ3v) is 5.52. The number of H-pyrrole nitrogens is 1. The zero-order valence-corrected chi connectivity index (χ0v) is 15.2. The maximum absolute atomic E-state index is 12.6. The summed E-state index contributed by atoms with van der Waals surface area (Å²) < 4.78 is 0. The molecule has 0 saturated heterocycles. The molecule has 136 valence electrons. The first-order valence-corrected chi connectivity index (χ1v) is 9.52. The molecule has 0 spiro atoms. The van der Waals surface area contributed by atoms with Gasteiger partial charge in [0.05, 0.1) is 0 Å². The molecule has 0 fully saturated rings. The van der Waals surface area contributed by atoms with Crippen LogP contribution in [0.2, 0.25) is 0 Å². The number of nitrogens with zero attached hydrogens (tertiary/aromatic N) is 2. The minimum atomic E-state index is -0.117. The Bertz CT molecular complexity index is 993. The Labute approximate surface area is 158 Å². The van der Waals surface area contributed by atoms with Crippen LogP contribution >= 0.6 is 0 Å². The first kappa shape index (κ1) is 16.3. The third-order valence-electron chi connectivity index (χ3n) is 5.52. The van der Waals surface area contributed by atoms with Crippen molar-refractivity contribution in [3.05, 3.63) is 82.2 Å². The van der Waals surface area contributed by atoms with Crippen LogP contribution in [0.1, 0.15) is 44.9 Å². The summed E-state index contributed by atoms with van der Waals surface area (Å²) in [6.07, 6.45) is 3.03. The number of carbonyl (C=O) groups is 1. The predicted octanol–water partition coefficient (Wildman–Crippen LogP) is 3.67. The molecule has 1 aliphatic carbocycles. The van der Waals surface area contributed by atoms with Crippen LogP contribution in [-0.4, -0.2) is 21.0 Å². The van der Waals surface area contributed by atoms with E-state index in [0.29, 0.717) is 5.69 Å². The van der Waals surface area contributed by atoms with Crippen LogP contribution in [0.3, 0.4) is 0 Å².